The molecular weight excluding hydrogens is 468 g/mol. The zero-order valence-electron chi connectivity index (χ0n) is 18.1. The predicted octanol–water partition coefficient (Wildman–Crippen LogP) is 2.78. The Kier molecular flexibility index (Phi) is 6.38. The van der Waals surface area contributed by atoms with Gasteiger partial charge < -0.3 is 14.2 Å². The highest BCUT2D eigenvalue weighted by molar-refractivity contribution is 7.92. The van der Waals surface area contributed by atoms with E-state index in [9.17, 15) is 13.2 Å². The second kappa shape index (κ2) is 9.24. The van der Waals surface area contributed by atoms with E-state index < -0.39 is 22.0 Å². The molecule has 2 aromatic carbocycles. The number of carbonyl (C=O) groups is 1. The normalized spacial score (nSPS) is 13.8. The number of anilines is 2. The second-order valence-corrected chi connectivity index (χ2v) is 10.0. The molecule has 1 amide bonds. The van der Waals surface area contributed by atoms with Gasteiger partial charge in [0.2, 0.25) is 21.1 Å². The number of amides is 1. The van der Waals surface area contributed by atoms with Gasteiger partial charge in [0.1, 0.15) is 30.0 Å². The van der Waals surface area contributed by atoms with Gasteiger partial charge in [0.15, 0.2) is 11.5 Å². The van der Waals surface area contributed by atoms with Crippen molar-refractivity contribution in [2.24, 2.45) is 0 Å². The summed E-state index contributed by atoms with van der Waals surface area (Å²) in [6, 6.07) is 11.0. The van der Waals surface area contributed by atoms with Crippen molar-refractivity contribution >= 4 is 38.1 Å². The molecule has 0 saturated carbocycles. The van der Waals surface area contributed by atoms with E-state index in [0.717, 1.165) is 16.1 Å². The Hall–Kier alpha value is -3.38. The lowest BCUT2D eigenvalue weighted by Gasteiger charge is -2.29. The van der Waals surface area contributed by atoms with E-state index in [-0.39, 0.29) is 5.13 Å². The maximum Gasteiger partial charge on any atom is 0.249 e. The summed E-state index contributed by atoms with van der Waals surface area (Å²) in [5.74, 6) is 1.11. The third-order valence-electron chi connectivity index (χ3n) is 4.86. The van der Waals surface area contributed by atoms with Crippen molar-refractivity contribution in [2.75, 3.05) is 36.2 Å². The second-order valence-electron chi connectivity index (χ2n) is 7.19. The van der Waals surface area contributed by atoms with Crippen LogP contribution in [-0.4, -0.2) is 57.1 Å². The van der Waals surface area contributed by atoms with Crippen LogP contribution in [0.4, 0.5) is 10.8 Å². The molecule has 1 aliphatic heterocycles. The van der Waals surface area contributed by atoms with Gasteiger partial charge in [-0.05, 0) is 43.3 Å². The maximum absolute atomic E-state index is 12.9. The third kappa shape index (κ3) is 5.01. The Morgan fingerprint density at radius 1 is 1.12 bits per heavy atom. The molecule has 0 unspecified atom stereocenters. The zero-order valence-corrected chi connectivity index (χ0v) is 19.8. The van der Waals surface area contributed by atoms with Gasteiger partial charge in [-0.3, -0.25) is 14.4 Å². The smallest absolute Gasteiger partial charge is 0.249 e. The van der Waals surface area contributed by atoms with Crippen LogP contribution in [0.2, 0.25) is 0 Å². The van der Waals surface area contributed by atoms with Gasteiger partial charge in [-0.15, -0.1) is 10.2 Å². The number of methoxy groups -OCH3 is 1. The molecule has 1 aliphatic rings. The number of sulfonamides is 1. The molecule has 2 heterocycles. The molecule has 0 spiro atoms. The summed E-state index contributed by atoms with van der Waals surface area (Å²) in [4.78, 5) is 12.9. The highest BCUT2D eigenvalue weighted by atomic mass is 32.2. The monoisotopic (exact) mass is 490 g/mol. The minimum Gasteiger partial charge on any atom is -0.497 e. The van der Waals surface area contributed by atoms with Crippen LogP contribution in [0.3, 0.4) is 0 Å². The Morgan fingerprint density at radius 3 is 2.48 bits per heavy atom. The summed E-state index contributed by atoms with van der Waals surface area (Å²) in [7, 11) is -2.21. The molecule has 12 heteroatoms. The van der Waals surface area contributed by atoms with E-state index >= 15 is 0 Å². The van der Waals surface area contributed by atoms with Crippen molar-refractivity contribution in [2.45, 2.75) is 13.0 Å². The molecule has 0 aliphatic carbocycles. The molecule has 33 heavy (non-hydrogen) atoms. The predicted molar refractivity (Wildman–Crippen MR) is 125 cm³/mol. The number of hydrogen-bond acceptors (Lipinski definition) is 9. The maximum atomic E-state index is 12.9. The minimum atomic E-state index is -3.79. The average molecular weight is 491 g/mol. The first kappa shape index (κ1) is 22.8. The number of rotatable bonds is 7. The first-order valence-electron chi connectivity index (χ1n) is 9.94. The Morgan fingerprint density at radius 2 is 1.82 bits per heavy atom. The number of carbonyl (C=O) groups excluding carboxylic acids is 1. The number of hydrogen-bond donors (Lipinski definition) is 1. The third-order valence-corrected chi connectivity index (χ3v) is 6.99. The standard InChI is InChI=1S/C21H22N4O6S2/c1-13(25(33(3,27)28)15-6-9-17-18(12-15)31-11-10-30-17)19(26)22-21-24-23-20(32-21)14-4-7-16(29-2)8-5-14/h4-9,12-13H,10-11H2,1-3H3,(H,22,24,26)/t13-/m0/s1. The van der Waals surface area contributed by atoms with Crippen molar-refractivity contribution in [3.8, 4) is 27.8 Å². The first-order chi connectivity index (χ1) is 15.8. The quantitative estimate of drug-likeness (QED) is 0.537. The van der Waals surface area contributed by atoms with Crippen LogP contribution >= 0.6 is 11.3 Å². The molecule has 0 saturated heterocycles. The van der Waals surface area contributed by atoms with Crippen molar-refractivity contribution in [1.29, 1.82) is 0 Å². The number of ether oxygens (including phenoxy) is 3. The fourth-order valence-corrected chi connectivity index (χ4v) is 5.23. The summed E-state index contributed by atoms with van der Waals surface area (Å²) >= 11 is 1.18. The lowest BCUT2D eigenvalue weighted by Crippen LogP contribution is -2.45. The van der Waals surface area contributed by atoms with Crippen molar-refractivity contribution in [3.63, 3.8) is 0 Å². The molecule has 1 N–H and O–H groups in total. The van der Waals surface area contributed by atoms with Gasteiger partial charge in [0, 0.05) is 11.6 Å². The summed E-state index contributed by atoms with van der Waals surface area (Å²) < 4.78 is 42.4. The zero-order chi connectivity index (χ0) is 23.6. The van der Waals surface area contributed by atoms with Gasteiger partial charge in [0.25, 0.3) is 0 Å². The van der Waals surface area contributed by atoms with Crippen molar-refractivity contribution in [3.05, 3.63) is 42.5 Å². The van der Waals surface area contributed by atoms with Crippen LogP contribution in [0.1, 0.15) is 6.92 Å². The number of nitrogens with one attached hydrogen (secondary N) is 1. The fourth-order valence-electron chi connectivity index (χ4n) is 3.31. The first-order valence-corrected chi connectivity index (χ1v) is 12.6. The van der Waals surface area contributed by atoms with Crippen molar-refractivity contribution in [1.82, 2.24) is 10.2 Å². The van der Waals surface area contributed by atoms with Crippen LogP contribution in [0.25, 0.3) is 10.6 Å². The van der Waals surface area contributed by atoms with Gasteiger partial charge in [-0.1, -0.05) is 11.3 Å². The van der Waals surface area contributed by atoms with Gasteiger partial charge in [0.05, 0.1) is 19.1 Å². The number of benzene rings is 2. The molecule has 10 nitrogen and oxygen atoms in total. The Bertz CT molecular complexity index is 1260. The van der Waals surface area contributed by atoms with E-state index in [0.29, 0.717) is 41.2 Å². The fraction of sp³-hybridized carbons (Fsp3) is 0.286. The molecular formula is C21H22N4O6S2. The largest absolute Gasteiger partial charge is 0.497 e. The summed E-state index contributed by atoms with van der Waals surface area (Å²) in [5.41, 5.74) is 1.11. The summed E-state index contributed by atoms with van der Waals surface area (Å²) in [5, 5.41) is 11.6. The van der Waals surface area contributed by atoms with E-state index in [1.165, 1.54) is 18.3 Å². The van der Waals surface area contributed by atoms with Crippen LogP contribution in [0, 0.1) is 0 Å². The molecule has 4 rings (SSSR count). The number of fused-ring (bicyclic) bond motifs is 1. The number of nitrogens with zero attached hydrogens (tertiary/aromatic N) is 3. The van der Waals surface area contributed by atoms with Gasteiger partial charge >= 0.3 is 0 Å². The SMILES string of the molecule is COc1ccc(-c2nnc(NC(=O)[C@H](C)N(c3ccc4c(c3)OCCO4)S(C)(=O)=O)s2)cc1. The van der Waals surface area contributed by atoms with Crippen molar-refractivity contribution < 1.29 is 27.4 Å². The topological polar surface area (TPSA) is 120 Å². The molecule has 1 atom stereocenters. The van der Waals surface area contributed by atoms with Gasteiger partial charge in [-0.25, -0.2) is 8.42 Å². The van der Waals surface area contributed by atoms with E-state index in [4.69, 9.17) is 14.2 Å². The molecule has 0 bridgehead atoms. The number of aromatic nitrogens is 2. The van der Waals surface area contributed by atoms with E-state index in [1.807, 2.05) is 12.1 Å². The summed E-state index contributed by atoms with van der Waals surface area (Å²) in [6.07, 6.45) is 1.04. The average Bonchev–Trinajstić information content (AvgIpc) is 3.26. The molecule has 1 aromatic heterocycles. The van der Waals surface area contributed by atoms with E-state index in [1.54, 1.807) is 37.4 Å². The lowest BCUT2D eigenvalue weighted by atomic mass is 10.2. The molecule has 0 fully saturated rings. The van der Waals surface area contributed by atoms with Crippen LogP contribution in [0.5, 0.6) is 17.2 Å². The Balaban J connectivity index is 1.53. The lowest BCUT2D eigenvalue weighted by molar-refractivity contribution is -0.116. The highest BCUT2D eigenvalue weighted by Crippen LogP contribution is 2.35. The highest BCUT2D eigenvalue weighted by Gasteiger charge is 2.31. The molecule has 0 radical (unpaired) electrons. The van der Waals surface area contributed by atoms with Gasteiger partial charge in [-0.2, -0.15) is 0 Å². The minimum absolute atomic E-state index is 0.258. The Labute approximate surface area is 195 Å². The summed E-state index contributed by atoms with van der Waals surface area (Å²) in [6.45, 7) is 2.28. The van der Waals surface area contributed by atoms with Crippen LogP contribution in [-0.2, 0) is 14.8 Å². The van der Waals surface area contributed by atoms with E-state index in [2.05, 4.69) is 15.5 Å². The van der Waals surface area contributed by atoms with Crippen LogP contribution < -0.4 is 23.8 Å². The molecule has 174 valence electrons. The van der Waals surface area contributed by atoms with Crippen LogP contribution in [0.15, 0.2) is 42.5 Å². The molecule has 3 aromatic rings.